The van der Waals surface area contributed by atoms with Crippen molar-refractivity contribution in [1.29, 1.82) is 0 Å². The second-order valence-corrected chi connectivity index (χ2v) is 3.30. The van der Waals surface area contributed by atoms with Crippen molar-refractivity contribution in [2.24, 2.45) is 0 Å². The number of pyridine rings is 1. The molecule has 0 aliphatic rings. The molecule has 6 heteroatoms. The third-order valence-corrected chi connectivity index (χ3v) is 2.07. The number of halogens is 1. The first-order chi connectivity index (χ1) is 6.70. The third-order valence-electron chi connectivity index (χ3n) is 1.73. The topological polar surface area (TPSA) is 56.5 Å². The van der Waals surface area contributed by atoms with Crippen molar-refractivity contribution in [3.05, 3.63) is 28.6 Å². The Labute approximate surface area is 87.8 Å². The van der Waals surface area contributed by atoms with Gasteiger partial charge in [-0.05, 0) is 28.1 Å². The molecule has 0 aliphatic heterocycles. The lowest BCUT2D eigenvalue weighted by Gasteiger charge is -1.97. The Hall–Kier alpha value is -1.43. The fourth-order valence-corrected chi connectivity index (χ4v) is 1.45. The van der Waals surface area contributed by atoms with E-state index >= 15 is 0 Å². The molecule has 2 aromatic heterocycles. The van der Waals surface area contributed by atoms with Crippen molar-refractivity contribution in [3.8, 4) is 0 Å². The molecule has 0 aliphatic carbocycles. The number of ether oxygens (including phenoxy) is 1. The van der Waals surface area contributed by atoms with Crippen LogP contribution in [0, 0.1) is 0 Å². The van der Waals surface area contributed by atoms with Gasteiger partial charge < -0.3 is 4.74 Å². The number of nitrogens with zero attached hydrogens (tertiary/aromatic N) is 3. The first kappa shape index (κ1) is 9.14. The number of fused-ring (bicyclic) bond motifs is 1. The van der Waals surface area contributed by atoms with E-state index in [1.54, 1.807) is 22.8 Å². The maximum atomic E-state index is 11.2. The van der Waals surface area contributed by atoms with Gasteiger partial charge in [0.05, 0.1) is 12.7 Å². The predicted molar refractivity (Wildman–Crippen MR) is 52.0 cm³/mol. The molecule has 0 unspecified atom stereocenters. The molecule has 0 saturated carbocycles. The van der Waals surface area contributed by atoms with E-state index in [4.69, 9.17) is 0 Å². The summed E-state index contributed by atoms with van der Waals surface area (Å²) < 4.78 is 6.64. The molecule has 5 nitrogen and oxygen atoms in total. The van der Waals surface area contributed by atoms with Crippen LogP contribution >= 0.6 is 15.9 Å². The molecule has 0 amide bonds. The van der Waals surface area contributed by atoms with Crippen LogP contribution in [0.1, 0.15) is 10.4 Å². The van der Waals surface area contributed by atoms with Gasteiger partial charge in [0, 0.05) is 6.20 Å². The minimum Gasteiger partial charge on any atom is -0.465 e. The normalized spacial score (nSPS) is 10.4. The van der Waals surface area contributed by atoms with Crippen LogP contribution in [-0.2, 0) is 4.74 Å². The van der Waals surface area contributed by atoms with E-state index in [0.29, 0.717) is 15.9 Å². The number of aromatic nitrogens is 3. The van der Waals surface area contributed by atoms with Gasteiger partial charge in [0.15, 0.2) is 5.65 Å². The highest BCUT2D eigenvalue weighted by atomic mass is 79.9. The molecule has 0 atom stereocenters. The van der Waals surface area contributed by atoms with Gasteiger partial charge in [-0.15, -0.1) is 5.10 Å². The summed E-state index contributed by atoms with van der Waals surface area (Å²) in [6, 6.07) is 3.24. The molecule has 0 bridgehead atoms. The van der Waals surface area contributed by atoms with Crippen molar-refractivity contribution in [3.63, 3.8) is 0 Å². The second-order valence-electron chi connectivity index (χ2n) is 2.59. The largest absolute Gasteiger partial charge is 0.465 e. The molecular formula is C8H6BrN3O2. The average Bonchev–Trinajstić information content (AvgIpc) is 2.55. The lowest BCUT2D eigenvalue weighted by Crippen LogP contribution is -2.02. The Kier molecular flexibility index (Phi) is 2.20. The number of methoxy groups -OCH3 is 1. The number of rotatable bonds is 1. The molecule has 0 spiro atoms. The lowest BCUT2D eigenvalue weighted by molar-refractivity contribution is 0.0600. The van der Waals surface area contributed by atoms with Gasteiger partial charge >= 0.3 is 5.97 Å². The lowest BCUT2D eigenvalue weighted by atomic mass is 10.3. The van der Waals surface area contributed by atoms with Crippen LogP contribution in [0.15, 0.2) is 23.1 Å². The quantitative estimate of drug-likeness (QED) is 0.721. The second kappa shape index (κ2) is 3.38. The highest BCUT2D eigenvalue weighted by Crippen LogP contribution is 2.09. The maximum absolute atomic E-state index is 11.2. The van der Waals surface area contributed by atoms with Gasteiger partial charge in [-0.25, -0.2) is 14.3 Å². The molecule has 72 valence electrons. The summed E-state index contributed by atoms with van der Waals surface area (Å²) in [5, 5.41) is 4.01. The molecular weight excluding hydrogens is 250 g/mol. The molecule has 14 heavy (non-hydrogen) atoms. The number of carbonyl (C=O) groups excluding carboxylic acids is 1. The highest BCUT2D eigenvalue weighted by molar-refractivity contribution is 9.10. The zero-order valence-corrected chi connectivity index (χ0v) is 8.85. The van der Waals surface area contributed by atoms with Crippen molar-refractivity contribution in [1.82, 2.24) is 14.6 Å². The molecule has 2 heterocycles. The summed E-state index contributed by atoms with van der Waals surface area (Å²) in [4.78, 5) is 15.2. The van der Waals surface area contributed by atoms with Crippen LogP contribution in [0.3, 0.4) is 0 Å². The highest BCUT2D eigenvalue weighted by Gasteiger charge is 2.07. The summed E-state index contributed by atoms with van der Waals surface area (Å²) in [5.41, 5.74) is 1.06. The van der Waals surface area contributed by atoms with Gasteiger partial charge in [-0.3, -0.25) is 0 Å². The fraction of sp³-hybridized carbons (Fsp3) is 0.125. The molecule has 2 rings (SSSR count). The Morgan fingerprint density at radius 2 is 2.43 bits per heavy atom. The Bertz CT molecular complexity index is 494. The predicted octanol–water partition coefficient (Wildman–Crippen LogP) is 1.28. The molecule has 0 N–H and O–H groups in total. The Balaban J connectivity index is 2.55. The number of hydrogen-bond donors (Lipinski definition) is 0. The molecule has 0 aromatic carbocycles. The summed E-state index contributed by atoms with van der Waals surface area (Å²) in [5.74, 6) is -0.383. The van der Waals surface area contributed by atoms with Crippen LogP contribution in [-0.4, -0.2) is 27.7 Å². The van der Waals surface area contributed by atoms with Gasteiger partial charge in [-0.2, -0.15) is 0 Å². The van der Waals surface area contributed by atoms with E-state index in [1.165, 1.54) is 7.11 Å². The summed E-state index contributed by atoms with van der Waals surface area (Å²) in [7, 11) is 1.34. The van der Waals surface area contributed by atoms with Crippen LogP contribution in [0.25, 0.3) is 5.65 Å². The smallest absolute Gasteiger partial charge is 0.338 e. The Morgan fingerprint density at radius 1 is 1.64 bits per heavy atom. The zero-order chi connectivity index (χ0) is 10.1. The first-order valence-corrected chi connectivity index (χ1v) is 4.60. The van der Waals surface area contributed by atoms with E-state index in [1.807, 2.05) is 0 Å². The van der Waals surface area contributed by atoms with E-state index in [9.17, 15) is 4.79 Å². The number of hydrogen-bond acceptors (Lipinski definition) is 4. The third kappa shape index (κ3) is 1.48. The fourth-order valence-electron chi connectivity index (χ4n) is 1.10. The Morgan fingerprint density at radius 3 is 3.14 bits per heavy atom. The van der Waals surface area contributed by atoms with E-state index in [0.717, 1.165) is 0 Å². The van der Waals surface area contributed by atoms with Crippen LogP contribution in [0.2, 0.25) is 0 Å². The minimum atomic E-state index is -0.383. The molecule has 0 fully saturated rings. The van der Waals surface area contributed by atoms with Crippen LogP contribution in [0.5, 0.6) is 0 Å². The monoisotopic (exact) mass is 255 g/mol. The SMILES string of the molecule is COC(=O)c1ccn2nc(Br)nc2c1. The minimum absolute atomic E-state index is 0.383. The summed E-state index contributed by atoms with van der Waals surface area (Å²) in [6.45, 7) is 0. The first-order valence-electron chi connectivity index (χ1n) is 3.81. The maximum Gasteiger partial charge on any atom is 0.338 e. The standard InChI is InChI=1S/C8H6BrN3O2/c1-14-7(13)5-2-3-12-6(4-5)10-8(9)11-12/h2-4H,1H3. The van der Waals surface area contributed by atoms with Crippen molar-refractivity contribution in [2.75, 3.05) is 7.11 Å². The van der Waals surface area contributed by atoms with Gasteiger partial charge in [0.1, 0.15) is 0 Å². The van der Waals surface area contributed by atoms with Crippen LogP contribution in [0.4, 0.5) is 0 Å². The van der Waals surface area contributed by atoms with E-state index in [2.05, 4.69) is 30.7 Å². The average molecular weight is 256 g/mol. The molecule has 2 aromatic rings. The van der Waals surface area contributed by atoms with Crippen molar-refractivity contribution < 1.29 is 9.53 Å². The van der Waals surface area contributed by atoms with Gasteiger partial charge in [-0.1, -0.05) is 0 Å². The van der Waals surface area contributed by atoms with E-state index in [-0.39, 0.29) is 5.97 Å². The summed E-state index contributed by atoms with van der Waals surface area (Å²) >= 11 is 3.14. The molecule has 0 saturated heterocycles. The van der Waals surface area contributed by atoms with E-state index < -0.39 is 0 Å². The number of carbonyl (C=O) groups is 1. The van der Waals surface area contributed by atoms with Crippen molar-refractivity contribution >= 4 is 27.5 Å². The number of esters is 1. The zero-order valence-electron chi connectivity index (χ0n) is 7.27. The molecule has 0 radical (unpaired) electrons. The van der Waals surface area contributed by atoms with Gasteiger partial charge in [0.25, 0.3) is 0 Å². The summed E-state index contributed by atoms with van der Waals surface area (Å²) in [6.07, 6.45) is 1.65. The van der Waals surface area contributed by atoms with Crippen LogP contribution < -0.4 is 0 Å². The van der Waals surface area contributed by atoms with Crippen molar-refractivity contribution in [2.45, 2.75) is 0 Å². The van der Waals surface area contributed by atoms with Gasteiger partial charge in [0.2, 0.25) is 4.73 Å².